The molecule has 10 heavy (non-hydrogen) atoms. The summed E-state index contributed by atoms with van der Waals surface area (Å²) in [6, 6.07) is 2.21. The lowest BCUT2D eigenvalue weighted by atomic mass is 10.3. The molecule has 1 aromatic rings. The Balaban J connectivity index is 3.31. The molecule has 54 valence electrons. The lowest BCUT2D eigenvalue weighted by Crippen LogP contribution is -1.83. The molecule has 0 saturated heterocycles. The van der Waals surface area contributed by atoms with Crippen LogP contribution in [0.15, 0.2) is 16.6 Å². The smallest absolute Gasteiger partial charge is 0.173 e. The van der Waals surface area contributed by atoms with E-state index in [9.17, 15) is 8.78 Å². The fraction of sp³-hybridized carbons (Fsp3) is 0. The van der Waals surface area contributed by atoms with Gasteiger partial charge in [0.05, 0.1) is 4.47 Å². The minimum Gasteiger partial charge on any atom is -0.204 e. The van der Waals surface area contributed by atoms with Crippen LogP contribution >= 0.6 is 27.5 Å². The zero-order valence-electron chi connectivity index (χ0n) is 4.67. The predicted octanol–water partition coefficient (Wildman–Crippen LogP) is 3.38. The van der Waals surface area contributed by atoms with Crippen LogP contribution < -0.4 is 0 Å². The molecule has 0 heterocycles. The molecule has 0 aromatic heterocycles. The summed E-state index contributed by atoms with van der Waals surface area (Å²) in [5, 5.41) is 0.172. The van der Waals surface area contributed by atoms with Crippen molar-refractivity contribution in [2.24, 2.45) is 0 Å². The van der Waals surface area contributed by atoms with Gasteiger partial charge in [0.1, 0.15) is 0 Å². The largest absolute Gasteiger partial charge is 0.204 e. The first-order valence-corrected chi connectivity index (χ1v) is 3.58. The molecule has 4 heteroatoms. The van der Waals surface area contributed by atoms with Crippen LogP contribution in [0.1, 0.15) is 0 Å². The van der Waals surface area contributed by atoms with Crippen LogP contribution in [0.25, 0.3) is 0 Å². The van der Waals surface area contributed by atoms with Crippen LogP contribution in [0.5, 0.6) is 0 Å². The van der Waals surface area contributed by atoms with Crippen LogP contribution in [-0.2, 0) is 0 Å². The van der Waals surface area contributed by atoms with E-state index in [0.29, 0.717) is 0 Å². The van der Waals surface area contributed by atoms with Gasteiger partial charge in [-0.3, -0.25) is 0 Å². The number of rotatable bonds is 0. The van der Waals surface area contributed by atoms with E-state index < -0.39 is 11.6 Å². The van der Waals surface area contributed by atoms with Crippen molar-refractivity contribution in [1.82, 2.24) is 0 Å². The van der Waals surface area contributed by atoms with Crippen LogP contribution in [0.2, 0.25) is 5.02 Å². The molecule has 0 radical (unpaired) electrons. The van der Waals surface area contributed by atoms with Gasteiger partial charge in [-0.25, -0.2) is 8.78 Å². The van der Waals surface area contributed by atoms with E-state index in [2.05, 4.69) is 15.9 Å². The molecule has 1 aromatic carbocycles. The lowest BCUT2D eigenvalue weighted by Gasteiger charge is -1.95. The summed E-state index contributed by atoms with van der Waals surface area (Å²) in [5.41, 5.74) is 0. The standard InChI is InChI=1S/C6H2BrClF2/c7-4-1-3(8)2-5(9)6(4)10/h1-2H. The average Bonchev–Trinajstić information content (AvgIpc) is 1.82. The molecule has 0 unspecified atom stereocenters. The zero-order valence-corrected chi connectivity index (χ0v) is 7.01. The van der Waals surface area contributed by atoms with Crippen molar-refractivity contribution in [3.8, 4) is 0 Å². The van der Waals surface area contributed by atoms with E-state index in [0.717, 1.165) is 6.07 Å². The molecule has 0 atom stereocenters. The van der Waals surface area contributed by atoms with Crippen molar-refractivity contribution in [3.05, 3.63) is 33.3 Å². The van der Waals surface area contributed by atoms with Gasteiger partial charge in [-0.15, -0.1) is 0 Å². The summed E-state index contributed by atoms with van der Waals surface area (Å²) in [4.78, 5) is 0. The van der Waals surface area contributed by atoms with Crippen molar-refractivity contribution >= 4 is 27.5 Å². The molecular weight excluding hydrogens is 225 g/mol. The van der Waals surface area contributed by atoms with Gasteiger partial charge in [0, 0.05) is 5.02 Å². The molecule has 0 aliphatic rings. The van der Waals surface area contributed by atoms with Crippen molar-refractivity contribution < 1.29 is 8.78 Å². The third kappa shape index (κ3) is 1.47. The summed E-state index contributed by atoms with van der Waals surface area (Å²) in [6.07, 6.45) is 0. The Morgan fingerprint density at radius 1 is 1.30 bits per heavy atom. The molecule has 1 rings (SSSR count). The highest BCUT2D eigenvalue weighted by atomic mass is 79.9. The quantitative estimate of drug-likeness (QED) is 0.471. The number of benzene rings is 1. The minimum atomic E-state index is -0.945. The molecule has 0 aliphatic heterocycles. The second kappa shape index (κ2) is 2.84. The molecule has 0 bridgehead atoms. The highest BCUT2D eigenvalue weighted by Gasteiger charge is 2.06. The van der Waals surface area contributed by atoms with Crippen LogP contribution in [0.4, 0.5) is 8.78 Å². The third-order valence-electron chi connectivity index (χ3n) is 0.949. The maximum Gasteiger partial charge on any atom is 0.173 e. The molecule has 0 saturated carbocycles. The van der Waals surface area contributed by atoms with Gasteiger partial charge in [0.25, 0.3) is 0 Å². The lowest BCUT2D eigenvalue weighted by molar-refractivity contribution is 0.504. The summed E-state index contributed by atoms with van der Waals surface area (Å²) < 4.78 is 24.8. The topological polar surface area (TPSA) is 0 Å². The van der Waals surface area contributed by atoms with Gasteiger partial charge in [-0.1, -0.05) is 11.6 Å². The Morgan fingerprint density at radius 3 is 2.40 bits per heavy atom. The highest BCUT2D eigenvalue weighted by molar-refractivity contribution is 9.10. The van der Waals surface area contributed by atoms with Crippen molar-refractivity contribution in [3.63, 3.8) is 0 Å². The average molecular weight is 227 g/mol. The Bertz CT molecular complexity index is 239. The van der Waals surface area contributed by atoms with E-state index in [-0.39, 0.29) is 9.50 Å². The second-order valence-corrected chi connectivity index (χ2v) is 2.97. The predicted molar refractivity (Wildman–Crippen MR) is 39.1 cm³/mol. The van der Waals surface area contributed by atoms with Gasteiger partial charge in [0.2, 0.25) is 0 Å². The van der Waals surface area contributed by atoms with Gasteiger partial charge in [-0.2, -0.15) is 0 Å². The number of halogens is 4. The Hall–Kier alpha value is -0.150. The van der Waals surface area contributed by atoms with Gasteiger partial charge in [0.15, 0.2) is 11.6 Å². The normalized spacial score (nSPS) is 10.0. The highest BCUT2D eigenvalue weighted by Crippen LogP contribution is 2.22. The SMILES string of the molecule is Fc1cc(Cl)cc(Br)c1F. The van der Waals surface area contributed by atoms with Gasteiger partial charge in [-0.05, 0) is 28.1 Å². The summed E-state index contributed by atoms with van der Waals surface area (Å²) in [6.45, 7) is 0. The molecule has 0 N–H and O–H groups in total. The first kappa shape index (κ1) is 7.95. The van der Waals surface area contributed by atoms with Gasteiger partial charge >= 0.3 is 0 Å². The van der Waals surface area contributed by atoms with E-state index in [1.807, 2.05) is 0 Å². The summed E-state index contributed by atoms with van der Waals surface area (Å²) >= 11 is 8.18. The van der Waals surface area contributed by atoms with Crippen LogP contribution in [0.3, 0.4) is 0 Å². The van der Waals surface area contributed by atoms with Crippen molar-refractivity contribution in [2.75, 3.05) is 0 Å². The number of hydrogen-bond acceptors (Lipinski definition) is 0. The second-order valence-electron chi connectivity index (χ2n) is 1.68. The molecule has 0 aliphatic carbocycles. The first-order chi connectivity index (χ1) is 4.61. The number of hydrogen-bond donors (Lipinski definition) is 0. The van der Waals surface area contributed by atoms with E-state index in [1.54, 1.807) is 0 Å². The monoisotopic (exact) mass is 226 g/mol. The fourth-order valence-corrected chi connectivity index (χ4v) is 1.30. The van der Waals surface area contributed by atoms with E-state index >= 15 is 0 Å². The minimum absolute atomic E-state index is 0.0394. The van der Waals surface area contributed by atoms with Crippen LogP contribution in [-0.4, -0.2) is 0 Å². The maximum atomic E-state index is 12.4. The van der Waals surface area contributed by atoms with Gasteiger partial charge < -0.3 is 0 Å². The Labute approximate surface area is 69.9 Å². The molecule has 0 amide bonds. The maximum absolute atomic E-state index is 12.4. The zero-order chi connectivity index (χ0) is 7.72. The third-order valence-corrected chi connectivity index (χ3v) is 1.74. The first-order valence-electron chi connectivity index (χ1n) is 2.41. The summed E-state index contributed by atoms with van der Waals surface area (Å²) in [5.74, 6) is -1.86. The molecule has 0 nitrogen and oxygen atoms in total. The fourth-order valence-electron chi connectivity index (χ4n) is 0.525. The van der Waals surface area contributed by atoms with E-state index in [1.165, 1.54) is 6.07 Å². The van der Waals surface area contributed by atoms with Crippen molar-refractivity contribution in [1.29, 1.82) is 0 Å². The van der Waals surface area contributed by atoms with Crippen molar-refractivity contribution in [2.45, 2.75) is 0 Å². The molecule has 0 spiro atoms. The van der Waals surface area contributed by atoms with E-state index in [4.69, 9.17) is 11.6 Å². The Morgan fingerprint density at radius 2 is 1.90 bits per heavy atom. The molecular formula is C6H2BrClF2. The Kier molecular flexibility index (Phi) is 2.26. The van der Waals surface area contributed by atoms with Crippen LogP contribution in [0, 0.1) is 11.6 Å². The molecule has 0 fully saturated rings. The summed E-state index contributed by atoms with van der Waals surface area (Å²) in [7, 11) is 0.